The van der Waals surface area contributed by atoms with Crippen molar-refractivity contribution in [3.8, 4) is 5.75 Å². The summed E-state index contributed by atoms with van der Waals surface area (Å²) in [5.74, 6) is -0.431. The summed E-state index contributed by atoms with van der Waals surface area (Å²) in [5, 5.41) is 11.9. The number of anilines is 2. The van der Waals surface area contributed by atoms with Crippen molar-refractivity contribution in [2.45, 2.75) is 31.8 Å². The van der Waals surface area contributed by atoms with Crippen LogP contribution >= 0.6 is 0 Å². The Balaban J connectivity index is 1.48. The maximum absolute atomic E-state index is 13.1. The molecule has 0 radical (unpaired) electrons. The predicted octanol–water partition coefficient (Wildman–Crippen LogP) is 2.75. The Morgan fingerprint density at radius 2 is 1.81 bits per heavy atom. The SMILES string of the molecule is COc1ccccc1NC(=O)CN1N=N[C@H]2C(=O)N(c3ccc(C(C)C)cc3)C(=O)[C@H]21. The van der Waals surface area contributed by atoms with E-state index >= 15 is 0 Å². The average molecular weight is 421 g/mol. The number of benzene rings is 2. The van der Waals surface area contributed by atoms with Gasteiger partial charge in [-0.25, -0.2) is 4.90 Å². The second-order valence-corrected chi connectivity index (χ2v) is 7.70. The molecule has 4 rings (SSSR count). The summed E-state index contributed by atoms with van der Waals surface area (Å²) in [6.45, 7) is 3.92. The summed E-state index contributed by atoms with van der Waals surface area (Å²) in [7, 11) is 1.51. The van der Waals surface area contributed by atoms with Gasteiger partial charge in [0.15, 0.2) is 12.1 Å². The smallest absolute Gasteiger partial charge is 0.263 e. The second-order valence-electron chi connectivity index (χ2n) is 7.70. The molecule has 2 atom stereocenters. The molecule has 1 fully saturated rings. The van der Waals surface area contributed by atoms with Crippen molar-refractivity contribution in [3.05, 3.63) is 54.1 Å². The van der Waals surface area contributed by atoms with Gasteiger partial charge in [0.1, 0.15) is 12.3 Å². The molecule has 0 saturated carbocycles. The molecular formula is C22H23N5O4. The molecule has 2 aliphatic rings. The van der Waals surface area contributed by atoms with Gasteiger partial charge in [-0.05, 0) is 35.7 Å². The molecule has 0 aromatic heterocycles. The van der Waals surface area contributed by atoms with Crippen LogP contribution in [-0.2, 0) is 14.4 Å². The molecule has 2 aromatic rings. The summed E-state index contributed by atoms with van der Waals surface area (Å²) >= 11 is 0. The fraction of sp³-hybridized carbons (Fsp3) is 0.318. The number of fused-ring (bicyclic) bond motifs is 1. The van der Waals surface area contributed by atoms with Crippen LogP contribution in [0.4, 0.5) is 11.4 Å². The Kier molecular flexibility index (Phi) is 5.41. The van der Waals surface area contributed by atoms with Crippen LogP contribution in [0.2, 0.25) is 0 Å². The minimum atomic E-state index is -0.948. The van der Waals surface area contributed by atoms with Crippen molar-refractivity contribution in [3.63, 3.8) is 0 Å². The van der Waals surface area contributed by atoms with Crippen molar-refractivity contribution >= 4 is 29.1 Å². The van der Waals surface area contributed by atoms with E-state index in [2.05, 4.69) is 29.5 Å². The summed E-state index contributed by atoms with van der Waals surface area (Å²) in [6, 6.07) is 12.4. The maximum atomic E-state index is 13.1. The highest BCUT2D eigenvalue weighted by molar-refractivity contribution is 6.25. The minimum absolute atomic E-state index is 0.220. The number of carbonyl (C=O) groups excluding carboxylic acids is 3. The zero-order chi connectivity index (χ0) is 22.1. The predicted molar refractivity (Wildman–Crippen MR) is 114 cm³/mol. The van der Waals surface area contributed by atoms with Gasteiger partial charge >= 0.3 is 0 Å². The fourth-order valence-electron chi connectivity index (χ4n) is 3.70. The van der Waals surface area contributed by atoms with Crippen LogP contribution in [0.1, 0.15) is 25.3 Å². The molecule has 1 saturated heterocycles. The molecule has 0 bridgehead atoms. The number of nitrogens with zero attached hydrogens (tertiary/aromatic N) is 4. The minimum Gasteiger partial charge on any atom is -0.495 e. The standard InChI is InChI=1S/C22H23N5O4/c1-13(2)14-8-10-15(11-9-14)27-21(29)19-20(22(27)30)26(25-24-19)12-18(28)23-16-6-4-5-7-17(16)31-3/h4-11,13,19-20H,12H2,1-3H3,(H,23,28)/t19-,20+/m1/s1. The molecule has 2 aromatic carbocycles. The van der Waals surface area contributed by atoms with Gasteiger partial charge in [0, 0.05) is 0 Å². The van der Waals surface area contributed by atoms with Crippen LogP contribution in [0.3, 0.4) is 0 Å². The van der Waals surface area contributed by atoms with E-state index in [-0.39, 0.29) is 6.54 Å². The topological polar surface area (TPSA) is 104 Å². The molecule has 3 amide bonds. The fourth-order valence-corrected chi connectivity index (χ4v) is 3.70. The summed E-state index contributed by atoms with van der Waals surface area (Å²) in [4.78, 5) is 39.6. The highest BCUT2D eigenvalue weighted by Gasteiger charge is 2.55. The van der Waals surface area contributed by atoms with E-state index in [0.29, 0.717) is 23.0 Å². The van der Waals surface area contributed by atoms with E-state index in [0.717, 1.165) is 10.5 Å². The Bertz CT molecular complexity index is 1050. The van der Waals surface area contributed by atoms with Gasteiger partial charge in [0.25, 0.3) is 11.8 Å². The third kappa shape index (κ3) is 3.74. The Morgan fingerprint density at radius 3 is 2.48 bits per heavy atom. The van der Waals surface area contributed by atoms with Crippen molar-refractivity contribution < 1.29 is 19.1 Å². The molecule has 9 heteroatoms. The number of rotatable bonds is 6. The largest absolute Gasteiger partial charge is 0.495 e. The van der Waals surface area contributed by atoms with Gasteiger partial charge in [-0.3, -0.25) is 19.4 Å². The zero-order valence-electron chi connectivity index (χ0n) is 17.5. The molecule has 0 aliphatic carbocycles. The molecular weight excluding hydrogens is 398 g/mol. The van der Waals surface area contributed by atoms with Gasteiger partial charge in [-0.1, -0.05) is 43.3 Å². The van der Waals surface area contributed by atoms with E-state index in [1.165, 1.54) is 12.1 Å². The quantitative estimate of drug-likeness (QED) is 0.723. The number of hydrogen-bond acceptors (Lipinski definition) is 7. The summed E-state index contributed by atoms with van der Waals surface area (Å²) in [6.07, 6.45) is 0. The van der Waals surface area contributed by atoms with Gasteiger partial charge in [-0.15, -0.1) is 0 Å². The third-order valence-electron chi connectivity index (χ3n) is 5.36. The zero-order valence-corrected chi connectivity index (χ0v) is 17.5. The Labute approximate surface area is 179 Å². The van der Waals surface area contributed by atoms with E-state index in [9.17, 15) is 14.4 Å². The van der Waals surface area contributed by atoms with Gasteiger partial charge in [-0.2, -0.15) is 5.11 Å². The monoisotopic (exact) mass is 421 g/mol. The van der Waals surface area contributed by atoms with E-state index in [1.807, 2.05) is 12.1 Å². The van der Waals surface area contributed by atoms with Crippen molar-refractivity contribution in [1.82, 2.24) is 5.01 Å². The highest BCUT2D eigenvalue weighted by Crippen LogP contribution is 2.32. The average Bonchev–Trinajstić information content (AvgIpc) is 3.28. The molecule has 0 spiro atoms. The first-order valence-electron chi connectivity index (χ1n) is 9.98. The molecule has 0 unspecified atom stereocenters. The molecule has 9 nitrogen and oxygen atoms in total. The van der Waals surface area contributed by atoms with Crippen LogP contribution in [-0.4, -0.2) is 48.5 Å². The van der Waals surface area contributed by atoms with Gasteiger partial charge < -0.3 is 10.1 Å². The van der Waals surface area contributed by atoms with Crippen LogP contribution in [0.25, 0.3) is 0 Å². The third-order valence-corrected chi connectivity index (χ3v) is 5.36. The molecule has 2 heterocycles. The normalized spacial score (nSPS) is 19.9. The first-order valence-corrected chi connectivity index (χ1v) is 9.98. The number of methoxy groups -OCH3 is 1. The Hall–Kier alpha value is -3.75. The van der Waals surface area contributed by atoms with E-state index in [1.54, 1.807) is 36.4 Å². The number of imide groups is 1. The lowest BCUT2D eigenvalue weighted by Gasteiger charge is -2.20. The van der Waals surface area contributed by atoms with E-state index in [4.69, 9.17) is 4.74 Å². The second kappa shape index (κ2) is 8.17. The van der Waals surface area contributed by atoms with Crippen LogP contribution < -0.4 is 15.0 Å². The van der Waals surface area contributed by atoms with Crippen molar-refractivity contribution in [1.29, 1.82) is 0 Å². The van der Waals surface area contributed by atoms with Crippen LogP contribution in [0, 0.1) is 0 Å². The number of nitrogens with one attached hydrogen (secondary N) is 1. The summed E-state index contributed by atoms with van der Waals surface area (Å²) < 4.78 is 5.23. The van der Waals surface area contributed by atoms with Gasteiger partial charge in [0.2, 0.25) is 5.91 Å². The number of ether oxygens (including phenoxy) is 1. The first-order chi connectivity index (χ1) is 14.9. The molecule has 1 N–H and O–H groups in total. The molecule has 31 heavy (non-hydrogen) atoms. The van der Waals surface area contributed by atoms with Crippen molar-refractivity contribution in [2.24, 2.45) is 10.3 Å². The summed E-state index contributed by atoms with van der Waals surface area (Å²) in [5.41, 5.74) is 2.10. The Morgan fingerprint density at radius 1 is 1.10 bits per heavy atom. The van der Waals surface area contributed by atoms with E-state index < -0.39 is 29.8 Å². The lowest BCUT2D eigenvalue weighted by Crippen LogP contribution is -2.43. The number of para-hydroxylation sites is 2. The number of hydrogen-bond donors (Lipinski definition) is 1. The van der Waals surface area contributed by atoms with Gasteiger partial charge in [0.05, 0.1) is 18.5 Å². The number of carbonyl (C=O) groups is 3. The van der Waals surface area contributed by atoms with Crippen molar-refractivity contribution in [2.75, 3.05) is 23.9 Å². The molecule has 160 valence electrons. The first kappa shape index (κ1) is 20.5. The highest BCUT2D eigenvalue weighted by atomic mass is 16.5. The van der Waals surface area contributed by atoms with Crippen LogP contribution in [0.5, 0.6) is 5.75 Å². The lowest BCUT2D eigenvalue weighted by molar-refractivity contribution is -0.123. The van der Waals surface area contributed by atoms with Crippen LogP contribution in [0.15, 0.2) is 58.9 Å². The maximum Gasteiger partial charge on any atom is 0.263 e. The molecule has 2 aliphatic heterocycles. The lowest BCUT2D eigenvalue weighted by atomic mass is 10.0. The number of amides is 3.